The summed E-state index contributed by atoms with van der Waals surface area (Å²) in [5.41, 5.74) is 0. The van der Waals surface area contributed by atoms with E-state index in [-0.39, 0.29) is 6.04 Å². The first-order chi connectivity index (χ1) is 8.15. The maximum absolute atomic E-state index is 9.06. The molecule has 0 saturated carbocycles. The van der Waals surface area contributed by atoms with Gasteiger partial charge in [-0.2, -0.15) is 5.26 Å². The first-order valence-electron chi connectivity index (χ1n) is 6.65. The molecular weight excluding hydrogens is 212 g/mol. The number of hydrogen-bond donors (Lipinski definition) is 1. The molecule has 0 aromatic heterocycles. The van der Waals surface area contributed by atoms with Crippen molar-refractivity contribution >= 4 is 0 Å². The summed E-state index contributed by atoms with van der Waals surface area (Å²) in [5, 5.41) is 12.3. The summed E-state index contributed by atoms with van der Waals surface area (Å²) in [6.45, 7) is 7.41. The van der Waals surface area contributed by atoms with Gasteiger partial charge in [0.05, 0.1) is 6.07 Å². The number of nitrogens with one attached hydrogen (secondary N) is 1. The van der Waals surface area contributed by atoms with E-state index in [1.807, 2.05) is 0 Å². The third-order valence-electron chi connectivity index (χ3n) is 3.35. The molecule has 98 valence electrons. The Hall–Kier alpha value is -0.630. The van der Waals surface area contributed by atoms with Crippen LogP contribution in [0.25, 0.3) is 0 Å². The van der Waals surface area contributed by atoms with Crippen molar-refractivity contribution in [1.29, 1.82) is 5.26 Å². The minimum absolute atomic E-state index is 0.0286. The van der Waals surface area contributed by atoms with Crippen LogP contribution < -0.4 is 5.32 Å². The van der Waals surface area contributed by atoms with E-state index in [9.17, 15) is 0 Å². The summed E-state index contributed by atoms with van der Waals surface area (Å²) in [5.74, 6) is 0.774. The summed E-state index contributed by atoms with van der Waals surface area (Å²) >= 11 is 0. The van der Waals surface area contributed by atoms with Crippen molar-refractivity contribution in [3.8, 4) is 6.07 Å². The molecular formula is C13H26N4. The summed E-state index contributed by atoms with van der Waals surface area (Å²) < 4.78 is 0. The van der Waals surface area contributed by atoms with E-state index in [1.165, 1.54) is 19.5 Å². The van der Waals surface area contributed by atoms with Crippen molar-refractivity contribution in [2.24, 2.45) is 5.92 Å². The highest BCUT2D eigenvalue weighted by atomic mass is 15.2. The Balaban J connectivity index is 2.23. The minimum Gasteiger partial charge on any atom is -0.306 e. The molecule has 1 fully saturated rings. The Morgan fingerprint density at radius 1 is 1.59 bits per heavy atom. The number of likely N-dealkylation sites (tertiary alicyclic amines) is 1. The van der Waals surface area contributed by atoms with Crippen molar-refractivity contribution in [2.75, 3.05) is 46.8 Å². The first-order valence-corrected chi connectivity index (χ1v) is 6.65. The molecule has 0 aromatic rings. The Bertz CT molecular complexity index is 248. The number of likely N-dealkylation sites (N-methyl/N-ethyl adjacent to an activating group) is 1. The van der Waals surface area contributed by atoms with Gasteiger partial charge in [0.2, 0.25) is 0 Å². The average molecular weight is 238 g/mol. The minimum atomic E-state index is -0.0286. The van der Waals surface area contributed by atoms with Crippen LogP contribution in [0.15, 0.2) is 0 Å². The topological polar surface area (TPSA) is 42.3 Å². The van der Waals surface area contributed by atoms with E-state index in [0.717, 1.165) is 32.0 Å². The van der Waals surface area contributed by atoms with Crippen LogP contribution in [0.1, 0.15) is 19.8 Å². The van der Waals surface area contributed by atoms with Crippen molar-refractivity contribution in [1.82, 2.24) is 15.1 Å². The number of hydrogen-bond acceptors (Lipinski definition) is 4. The van der Waals surface area contributed by atoms with Crippen LogP contribution in [-0.2, 0) is 0 Å². The predicted octanol–water partition coefficient (Wildman–Crippen LogP) is 0.762. The lowest BCUT2D eigenvalue weighted by atomic mass is 10.1. The van der Waals surface area contributed by atoms with Gasteiger partial charge in [0.1, 0.15) is 6.04 Å². The second-order valence-corrected chi connectivity index (χ2v) is 5.27. The Kier molecular flexibility index (Phi) is 6.49. The van der Waals surface area contributed by atoms with Gasteiger partial charge in [0.25, 0.3) is 0 Å². The SMILES string of the molecule is CCCNC(C#N)CN(C)CC1CCN(C)C1. The van der Waals surface area contributed by atoms with Gasteiger partial charge in [-0.3, -0.25) is 0 Å². The van der Waals surface area contributed by atoms with Crippen LogP contribution >= 0.6 is 0 Å². The largest absolute Gasteiger partial charge is 0.306 e. The van der Waals surface area contributed by atoms with Crippen LogP contribution in [-0.4, -0.2) is 62.7 Å². The molecule has 1 N–H and O–H groups in total. The van der Waals surface area contributed by atoms with E-state index in [2.05, 4.69) is 42.2 Å². The van der Waals surface area contributed by atoms with E-state index < -0.39 is 0 Å². The van der Waals surface area contributed by atoms with E-state index >= 15 is 0 Å². The molecule has 0 spiro atoms. The molecule has 1 saturated heterocycles. The molecule has 0 radical (unpaired) electrons. The molecule has 2 atom stereocenters. The van der Waals surface area contributed by atoms with E-state index in [1.54, 1.807) is 0 Å². The maximum atomic E-state index is 9.06. The van der Waals surface area contributed by atoms with E-state index in [4.69, 9.17) is 5.26 Å². The highest BCUT2D eigenvalue weighted by Gasteiger charge is 2.21. The third kappa shape index (κ3) is 5.49. The average Bonchev–Trinajstić information content (AvgIpc) is 2.69. The Morgan fingerprint density at radius 3 is 2.88 bits per heavy atom. The van der Waals surface area contributed by atoms with Crippen LogP contribution in [0.2, 0.25) is 0 Å². The molecule has 0 aliphatic carbocycles. The van der Waals surface area contributed by atoms with Crippen molar-refractivity contribution in [2.45, 2.75) is 25.8 Å². The fourth-order valence-electron chi connectivity index (χ4n) is 2.47. The zero-order valence-electron chi connectivity index (χ0n) is 11.4. The smallest absolute Gasteiger partial charge is 0.108 e. The summed E-state index contributed by atoms with van der Waals surface area (Å²) in [7, 11) is 4.30. The standard InChI is InChI=1S/C13H26N4/c1-4-6-15-13(8-14)11-17(3)10-12-5-7-16(2)9-12/h12-13,15H,4-7,9-11H2,1-3H3. The second kappa shape index (κ2) is 7.65. The number of nitriles is 1. The number of rotatable bonds is 7. The molecule has 1 rings (SSSR count). The van der Waals surface area contributed by atoms with Crippen LogP contribution in [0.4, 0.5) is 0 Å². The third-order valence-corrected chi connectivity index (χ3v) is 3.35. The van der Waals surface area contributed by atoms with Gasteiger partial charge >= 0.3 is 0 Å². The number of nitrogens with zero attached hydrogens (tertiary/aromatic N) is 3. The van der Waals surface area contributed by atoms with Crippen molar-refractivity contribution in [3.05, 3.63) is 0 Å². The fourth-order valence-corrected chi connectivity index (χ4v) is 2.47. The van der Waals surface area contributed by atoms with Gasteiger partial charge in [0.15, 0.2) is 0 Å². The fraction of sp³-hybridized carbons (Fsp3) is 0.923. The summed E-state index contributed by atoms with van der Waals surface area (Å²) in [6.07, 6.45) is 2.37. The molecule has 0 aromatic carbocycles. The Labute approximate surface area is 106 Å². The second-order valence-electron chi connectivity index (χ2n) is 5.27. The zero-order chi connectivity index (χ0) is 12.7. The monoisotopic (exact) mass is 238 g/mol. The predicted molar refractivity (Wildman–Crippen MR) is 70.8 cm³/mol. The van der Waals surface area contributed by atoms with Gasteiger partial charge in [-0.1, -0.05) is 6.92 Å². The summed E-state index contributed by atoms with van der Waals surface area (Å²) in [6, 6.07) is 2.31. The molecule has 17 heavy (non-hydrogen) atoms. The van der Waals surface area contributed by atoms with Crippen LogP contribution in [0.5, 0.6) is 0 Å². The Morgan fingerprint density at radius 2 is 2.35 bits per heavy atom. The highest BCUT2D eigenvalue weighted by molar-refractivity contribution is 4.92. The van der Waals surface area contributed by atoms with Crippen molar-refractivity contribution < 1.29 is 0 Å². The molecule has 4 heteroatoms. The normalized spacial score (nSPS) is 22.9. The lowest BCUT2D eigenvalue weighted by Crippen LogP contribution is -2.40. The molecule has 4 nitrogen and oxygen atoms in total. The molecule has 2 unspecified atom stereocenters. The first kappa shape index (κ1) is 14.4. The van der Waals surface area contributed by atoms with Crippen LogP contribution in [0, 0.1) is 17.2 Å². The quantitative estimate of drug-likeness (QED) is 0.711. The molecule has 1 aliphatic heterocycles. The maximum Gasteiger partial charge on any atom is 0.108 e. The summed E-state index contributed by atoms with van der Waals surface area (Å²) in [4.78, 5) is 4.68. The van der Waals surface area contributed by atoms with Gasteiger partial charge in [-0.05, 0) is 45.9 Å². The molecule has 1 aliphatic rings. The molecule has 0 amide bonds. The van der Waals surface area contributed by atoms with Crippen molar-refractivity contribution in [3.63, 3.8) is 0 Å². The van der Waals surface area contributed by atoms with Gasteiger partial charge in [-0.25, -0.2) is 0 Å². The molecule has 1 heterocycles. The lowest BCUT2D eigenvalue weighted by molar-refractivity contribution is 0.260. The van der Waals surface area contributed by atoms with Gasteiger partial charge in [0, 0.05) is 19.6 Å². The molecule has 0 bridgehead atoms. The van der Waals surface area contributed by atoms with Gasteiger partial charge < -0.3 is 15.1 Å². The lowest BCUT2D eigenvalue weighted by Gasteiger charge is -2.23. The van der Waals surface area contributed by atoms with Gasteiger partial charge in [-0.15, -0.1) is 0 Å². The highest BCUT2D eigenvalue weighted by Crippen LogP contribution is 2.15. The van der Waals surface area contributed by atoms with Crippen LogP contribution in [0.3, 0.4) is 0 Å². The zero-order valence-corrected chi connectivity index (χ0v) is 11.4. The van der Waals surface area contributed by atoms with E-state index in [0.29, 0.717) is 0 Å².